The summed E-state index contributed by atoms with van der Waals surface area (Å²) in [6.45, 7) is 1.46. The fourth-order valence-electron chi connectivity index (χ4n) is 1.59. The molecule has 0 aliphatic rings. The number of fused-ring (bicyclic) bond motifs is 1. The van der Waals surface area contributed by atoms with Gasteiger partial charge >= 0.3 is 0 Å². The molecule has 0 aliphatic heterocycles. The maximum atomic E-state index is 8.58. The number of aliphatic hydroxyl groups is 1. The van der Waals surface area contributed by atoms with E-state index in [1.165, 1.54) is 0 Å². The van der Waals surface area contributed by atoms with E-state index in [0.717, 1.165) is 10.9 Å². The van der Waals surface area contributed by atoms with Crippen molar-refractivity contribution in [1.29, 1.82) is 0 Å². The van der Waals surface area contributed by atoms with Gasteiger partial charge in [0.1, 0.15) is 5.82 Å². The first-order valence-corrected chi connectivity index (χ1v) is 6.04. The number of para-hydroxylation sites is 1. The quantitative estimate of drug-likeness (QED) is 0.616. The number of anilines is 1. The molecule has 0 radical (unpaired) electrons. The number of aliphatic hydroxyl groups excluding tert-OH is 1. The molecule has 2 N–H and O–H groups in total. The lowest BCUT2D eigenvalue weighted by molar-refractivity contribution is 0.0992. The van der Waals surface area contributed by atoms with Crippen molar-refractivity contribution in [3.63, 3.8) is 0 Å². The average Bonchev–Trinajstić information content (AvgIpc) is 2.38. The van der Waals surface area contributed by atoms with Gasteiger partial charge in [-0.3, -0.25) is 0 Å². The molecule has 0 spiro atoms. The van der Waals surface area contributed by atoms with E-state index in [9.17, 15) is 0 Å². The Bertz CT molecular complexity index is 522. The Kier molecular flexibility index (Phi) is 4.69. The Morgan fingerprint density at radius 3 is 2.89 bits per heavy atom. The number of benzene rings is 1. The van der Waals surface area contributed by atoms with Gasteiger partial charge in [-0.1, -0.05) is 12.1 Å². The first-order valence-electron chi connectivity index (χ1n) is 5.66. The van der Waals surface area contributed by atoms with Crippen LogP contribution in [0.25, 0.3) is 10.9 Å². The Balaban J connectivity index is 2.07. The van der Waals surface area contributed by atoms with Crippen LogP contribution in [0, 0.1) is 0 Å². The molecule has 1 heterocycles. The average molecular weight is 268 g/mol. The van der Waals surface area contributed by atoms with E-state index in [4.69, 9.17) is 21.4 Å². The summed E-state index contributed by atoms with van der Waals surface area (Å²) >= 11 is 5.86. The third-order valence-corrected chi connectivity index (χ3v) is 2.52. The summed E-state index contributed by atoms with van der Waals surface area (Å²) in [5.74, 6) is 0.693. The van der Waals surface area contributed by atoms with E-state index in [2.05, 4.69) is 15.3 Å². The van der Waals surface area contributed by atoms with Gasteiger partial charge < -0.3 is 15.2 Å². The second kappa shape index (κ2) is 6.49. The highest BCUT2D eigenvalue weighted by Crippen LogP contribution is 2.21. The molecule has 0 saturated heterocycles. The molecule has 2 aromatic rings. The molecule has 96 valence electrons. The van der Waals surface area contributed by atoms with Crippen LogP contribution in [0.3, 0.4) is 0 Å². The highest BCUT2D eigenvalue weighted by molar-refractivity contribution is 6.28. The van der Waals surface area contributed by atoms with Gasteiger partial charge in [0.15, 0.2) is 0 Å². The van der Waals surface area contributed by atoms with E-state index >= 15 is 0 Å². The van der Waals surface area contributed by atoms with E-state index in [0.29, 0.717) is 25.6 Å². The molecule has 0 fully saturated rings. The van der Waals surface area contributed by atoms with Gasteiger partial charge in [-0.2, -0.15) is 0 Å². The molecule has 0 aliphatic carbocycles. The Labute approximate surface area is 110 Å². The maximum Gasteiger partial charge on any atom is 0.224 e. The van der Waals surface area contributed by atoms with Crippen molar-refractivity contribution in [2.24, 2.45) is 0 Å². The SMILES string of the molecule is OCCOCCNc1nc(Cl)nc2ccccc12. The number of hydrogen-bond donors (Lipinski definition) is 2. The minimum absolute atomic E-state index is 0.0300. The van der Waals surface area contributed by atoms with Gasteiger partial charge in [-0.15, -0.1) is 0 Å². The second-order valence-electron chi connectivity index (χ2n) is 3.62. The predicted molar refractivity (Wildman–Crippen MR) is 70.9 cm³/mol. The van der Waals surface area contributed by atoms with Crippen molar-refractivity contribution >= 4 is 28.3 Å². The predicted octanol–water partition coefficient (Wildman–Crippen LogP) is 1.70. The first kappa shape index (κ1) is 13.0. The lowest BCUT2D eigenvalue weighted by Crippen LogP contribution is -2.12. The highest BCUT2D eigenvalue weighted by Gasteiger charge is 2.05. The fraction of sp³-hybridized carbons (Fsp3) is 0.333. The lowest BCUT2D eigenvalue weighted by atomic mass is 10.2. The zero-order valence-corrected chi connectivity index (χ0v) is 10.5. The van der Waals surface area contributed by atoms with Crippen LogP contribution in [0.15, 0.2) is 24.3 Å². The number of nitrogens with zero attached hydrogens (tertiary/aromatic N) is 2. The summed E-state index contributed by atoms with van der Waals surface area (Å²) in [4.78, 5) is 8.30. The minimum atomic E-state index is 0.0300. The van der Waals surface area contributed by atoms with Crippen molar-refractivity contribution in [2.75, 3.05) is 31.7 Å². The van der Waals surface area contributed by atoms with Crippen molar-refractivity contribution in [3.8, 4) is 0 Å². The topological polar surface area (TPSA) is 67.3 Å². The number of aromatic nitrogens is 2. The molecule has 6 heteroatoms. The van der Waals surface area contributed by atoms with E-state index in [1.807, 2.05) is 24.3 Å². The smallest absolute Gasteiger partial charge is 0.224 e. The number of ether oxygens (including phenoxy) is 1. The van der Waals surface area contributed by atoms with Crippen molar-refractivity contribution in [2.45, 2.75) is 0 Å². The standard InChI is InChI=1S/C12H14ClN3O2/c13-12-15-10-4-2-1-3-9(10)11(16-12)14-5-7-18-8-6-17/h1-4,17H,5-8H2,(H,14,15,16). The molecule has 1 aromatic carbocycles. The molecule has 0 bridgehead atoms. The van der Waals surface area contributed by atoms with Gasteiger partial charge in [0.2, 0.25) is 5.28 Å². The van der Waals surface area contributed by atoms with Crippen LogP contribution in [0.5, 0.6) is 0 Å². The molecule has 5 nitrogen and oxygen atoms in total. The van der Waals surface area contributed by atoms with Crippen molar-refractivity contribution in [3.05, 3.63) is 29.5 Å². The van der Waals surface area contributed by atoms with Crippen LogP contribution in [-0.2, 0) is 4.74 Å². The van der Waals surface area contributed by atoms with Crippen LogP contribution in [0.1, 0.15) is 0 Å². The normalized spacial score (nSPS) is 10.8. The third-order valence-electron chi connectivity index (χ3n) is 2.35. The van der Waals surface area contributed by atoms with Crippen LogP contribution < -0.4 is 5.32 Å². The molecule has 1 aromatic heterocycles. The number of rotatable bonds is 6. The zero-order chi connectivity index (χ0) is 12.8. The summed E-state index contributed by atoms with van der Waals surface area (Å²) in [6.07, 6.45) is 0. The Morgan fingerprint density at radius 2 is 2.06 bits per heavy atom. The molecule has 0 amide bonds. The van der Waals surface area contributed by atoms with Gasteiger partial charge in [-0.05, 0) is 23.7 Å². The van der Waals surface area contributed by atoms with E-state index < -0.39 is 0 Å². The molecule has 2 rings (SSSR count). The van der Waals surface area contributed by atoms with Gasteiger partial charge in [0.05, 0.1) is 25.3 Å². The van der Waals surface area contributed by atoms with Crippen molar-refractivity contribution < 1.29 is 9.84 Å². The van der Waals surface area contributed by atoms with Gasteiger partial charge in [0, 0.05) is 11.9 Å². The minimum Gasteiger partial charge on any atom is -0.394 e. The number of nitrogens with one attached hydrogen (secondary N) is 1. The summed E-state index contributed by atoms with van der Waals surface area (Å²) < 4.78 is 5.16. The monoisotopic (exact) mass is 267 g/mol. The van der Waals surface area contributed by atoms with Crippen molar-refractivity contribution in [1.82, 2.24) is 9.97 Å². The molecular weight excluding hydrogens is 254 g/mol. The second-order valence-corrected chi connectivity index (χ2v) is 3.96. The van der Waals surface area contributed by atoms with Crippen LogP contribution in [0.2, 0.25) is 5.28 Å². The summed E-state index contributed by atoms with van der Waals surface area (Å²) in [6, 6.07) is 7.64. The maximum absolute atomic E-state index is 8.58. The summed E-state index contributed by atoms with van der Waals surface area (Å²) in [5.41, 5.74) is 0.802. The number of hydrogen-bond acceptors (Lipinski definition) is 5. The van der Waals surface area contributed by atoms with Crippen LogP contribution in [0.4, 0.5) is 5.82 Å². The van der Waals surface area contributed by atoms with E-state index in [-0.39, 0.29) is 11.9 Å². The zero-order valence-electron chi connectivity index (χ0n) is 9.77. The molecule has 0 saturated carbocycles. The lowest BCUT2D eigenvalue weighted by Gasteiger charge is -2.09. The largest absolute Gasteiger partial charge is 0.394 e. The van der Waals surface area contributed by atoms with Crippen LogP contribution >= 0.6 is 11.6 Å². The fourth-order valence-corrected chi connectivity index (χ4v) is 1.77. The van der Waals surface area contributed by atoms with Gasteiger partial charge in [-0.25, -0.2) is 9.97 Å². The molecule has 0 unspecified atom stereocenters. The molecular formula is C12H14ClN3O2. The van der Waals surface area contributed by atoms with E-state index in [1.54, 1.807) is 0 Å². The third kappa shape index (κ3) is 3.29. The highest BCUT2D eigenvalue weighted by atomic mass is 35.5. The number of halogens is 1. The summed E-state index contributed by atoms with van der Waals surface area (Å²) in [7, 11) is 0. The molecule has 18 heavy (non-hydrogen) atoms. The Morgan fingerprint density at radius 1 is 1.22 bits per heavy atom. The first-order chi connectivity index (χ1) is 8.81. The summed E-state index contributed by atoms with van der Waals surface area (Å²) in [5, 5.41) is 12.9. The van der Waals surface area contributed by atoms with Crippen LogP contribution in [-0.4, -0.2) is 41.4 Å². The van der Waals surface area contributed by atoms with Gasteiger partial charge in [0.25, 0.3) is 0 Å². The Hall–Kier alpha value is -1.43. The molecule has 0 atom stereocenters.